The average Bonchev–Trinajstić information content (AvgIpc) is 3.46. The molecule has 0 aliphatic heterocycles. The first-order valence-corrected chi connectivity index (χ1v) is 15.5. The normalized spacial score (nSPS) is 13.5. The molecule has 2 heterocycles. The maximum Gasteiger partial charge on any atom is 0.211 e. The second-order valence-electron chi connectivity index (χ2n) is 11.0. The Bertz CT molecular complexity index is 1620. The van der Waals surface area contributed by atoms with Gasteiger partial charge in [0.1, 0.15) is 0 Å². The summed E-state index contributed by atoms with van der Waals surface area (Å²) in [7, 11) is -3.53. The molecule has 0 radical (unpaired) electrons. The molecule has 5 rings (SSSR count). The smallest absolute Gasteiger partial charge is 0.211 e. The Morgan fingerprint density at radius 3 is 2.03 bits per heavy atom. The summed E-state index contributed by atoms with van der Waals surface area (Å²) in [5.41, 5.74) is 5.60. The Hall–Kier alpha value is -2.97. The number of thiophene rings is 1. The highest BCUT2D eigenvalue weighted by Gasteiger charge is 2.23. The van der Waals surface area contributed by atoms with Crippen molar-refractivity contribution in [1.82, 2.24) is 8.87 Å². The quantitative estimate of drug-likeness (QED) is 0.237. The molecule has 0 aliphatic carbocycles. The van der Waals surface area contributed by atoms with Gasteiger partial charge in [-0.05, 0) is 45.7 Å². The minimum atomic E-state index is -3.53. The molecule has 0 bridgehead atoms. The van der Waals surface area contributed by atoms with E-state index in [1.807, 2.05) is 42.5 Å². The Morgan fingerprint density at radius 1 is 0.895 bits per heavy atom. The average molecular weight is 547 g/mol. The van der Waals surface area contributed by atoms with Gasteiger partial charge in [0.05, 0.1) is 18.9 Å². The van der Waals surface area contributed by atoms with Crippen molar-refractivity contribution in [2.24, 2.45) is 0 Å². The van der Waals surface area contributed by atoms with E-state index >= 15 is 0 Å². The first-order valence-electron chi connectivity index (χ1n) is 12.8. The fourth-order valence-corrected chi connectivity index (χ4v) is 6.78. The van der Waals surface area contributed by atoms with Crippen LogP contribution < -0.4 is 0 Å². The van der Waals surface area contributed by atoms with Gasteiger partial charge in [0.15, 0.2) is 0 Å². The zero-order valence-corrected chi connectivity index (χ0v) is 23.9. The molecule has 1 unspecified atom stereocenters. The highest BCUT2D eigenvalue weighted by atomic mass is 32.2. The van der Waals surface area contributed by atoms with Crippen LogP contribution in [-0.4, -0.2) is 41.3 Å². The number of hydrogen-bond donors (Lipinski definition) is 1. The standard InChI is InChI=1S/C31H34N2O3S2/c1-31(2,3)24-15-13-22(14-16-24)23-17-26(37-21-23)20-32(38(4,35)36)18-25(34)19-33-29-11-7-5-9-27(29)28-10-6-8-12-30(28)33/h5-17,21,25,34H,18-20H2,1-4H3. The molecular formula is C31H34N2O3S2. The van der Waals surface area contributed by atoms with Crippen LogP contribution in [0.5, 0.6) is 0 Å². The van der Waals surface area contributed by atoms with E-state index in [0.717, 1.165) is 37.8 Å². The lowest BCUT2D eigenvalue weighted by Gasteiger charge is -2.23. The van der Waals surface area contributed by atoms with E-state index in [1.54, 1.807) is 11.3 Å². The highest BCUT2D eigenvalue weighted by molar-refractivity contribution is 7.88. The maximum absolute atomic E-state index is 12.7. The van der Waals surface area contributed by atoms with Gasteiger partial charge >= 0.3 is 0 Å². The molecule has 38 heavy (non-hydrogen) atoms. The van der Waals surface area contributed by atoms with Gasteiger partial charge in [-0.2, -0.15) is 4.31 Å². The van der Waals surface area contributed by atoms with Crippen LogP contribution in [0.3, 0.4) is 0 Å². The molecule has 2 aromatic heterocycles. The number of fused-ring (bicyclic) bond motifs is 3. The number of nitrogens with zero attached hydrogens (tertiary/aromatic N) is 2. The number of sulfonamides is 1. The second-order valence-corrected chi connectivity index (χ2v) is 14.0. The second kappa shape index (κ2) is 10.3. The van der Waals surface area contributed by atoms with Crippen molar-refractivity contribution in [3.05, 3.63) is 94.7 Å². The van der Waals surface area contributed by atoms with Crippen LogP contribution in [-0.2, 0) is 28.5 Å². The first-order chi connectivity index (χ1) is 18.0. The molecule has 1 atom stereocenters. The van der Waals surface area contributed by atoms with E-state index in [2.05, 4.69) is 67.1 Å². The lowest BCUT2D eigenvalue weighted by Crippen LogP contribution is -2.37. The zero-order valence-electron chi connectivity index (χ0n) is 22.3. The number of benzene rings is 3. The van der Waals surface area contributed by atoms with Crippen molar-refractivity contribution in [1.29, 1.82) is 0 Å². The van der Waals surface area contributed by atoms with E-state index in [9.17, 15) is 13.5 Å². The predicted octanol–water partition coefficient (Wildman–Crippen LogP) is 6.64. The van der Waals surface area contributed by atoms with Crippen LogP contribution in [0.25, 0.3) is 32.9 Å². The van der Waals surface area contributed by atoms with Gasteiger partial charge in [0, 0.05) is 39.8 Å². The molecule has 1 N–H and O–H groups in total. The molecule has 0 aliphatic rings. The molecule has 7 heteroatoms. The van der Waals surface area contributed by atoms with Gasteiger partial charge in [0.2, 0.25) is 10.0 Å². The number of aliphatic hydroxyl groups is 1. The van der Waals surface area contributed by atoms with Crippen molar-refractivity contribution in [2.45, 2.75) is 45.4 Å². The highest BCUT2D eigenvalue weighted by Crippen LogP contribution is 2.31. The summed E-state index contributed by atoms with van der Waals surface area (Å²) in [4.78, 5) is 0.939. The summed E-state index contributed by atoms with van der Waals surface area (Å²) < 4.78 is 28.9. The van der Waals surface area contributed by atoms with E-state index in [0.29, 0.717) is 6.54 Å². The number of para-hydroxylation sites is 2. The summed E-state index contributed by atoms with van der Waals surface area (Å²) in [6.45, 7) is 7.14. The molecule has 3 aromatic carbocycles. The third-order valence-corrected chi connectivity index (χ3v) is 9.16. The van der Waals surface area contributed by atoms with Gasteiger partial charge in [0.25, 0.3) is 0 Å². The molecule has 0 saturated carbocycles. The molecule has 198 valence electrons. The van der Waals surface area contributed by atoms with Crippen LogP contribution in [0.15, 0.2) is 84.2 Å². The van der Waals surface area contributed by atoms with Crippen LogP contribution in [0.1, 0.15) is 31.2 Å². The van der Waals surface area contributed by atoms with Gasteiger partial charge in [-0.3, -0.25) is 0 Å². The van der Waals surface area contributed by atoms with E-state index < -0.39 is 16.1 Å². The Labute approximate surface area is 229 Å². The molecule has 0 fully saturated rings. The Balaban J connectivity index is 1.34. The molecule has 0 saturated heterocycles. The third kappa shape index (κ3) is 5.57. The largest absolute Gasteiger partial charge is 0.390 e. The summed E-state index contributed by atoms with van der Waals surface area (Å²) >= 11 is 1.54. The molecule has 0 spiro atoms. The summed E-state index contributed by atoms with van der Waals surface area (Å²) in [5.74, 6) is 0. The monoisotopic (exact) mass is 546 g/mol. The molecule has 5 nitrogen and oxygen atoms in total. The fourth-order valence-electron chi connectivity index (χ4n) is 4.97. The number of rotatable bonds is 8. The number of aromatic nitrogens is 1. The lowest BCUT2D eigenvalue weighted by atomic mass is 9.86. The topological polar surface area (TPSA) is 62.5 Å². The maximum atomic E-state index is 12.7. The van der Waals surface area contributed by atoms with Gasteiger partial charge in [-0.25, -0.2) is 8.42 Å². The van der Waals surface area contributed by atoms with E-state index in [1.165, 1.54) is 16.1 Å². The lowest BCUT2D eigenvalue weighted by molar-refractivity contribution is 0.129. The summed E-state index contributed by atoms with van der Waals surface area (Å²) in [5, 5.41) is 15.4. The van der Waals surface area contributed by atoms with Crippen molar-refractivity contribution in [3.63, 3.8) is 0 Å². The first kappa shape index (κ1) is 26.6. The van der Waals surface area contributed by atoms with Gasteiger partial charge < -0.3 is 9.67 Å². The SMILES string of the molecule is CC(C)(C)c1ccc(-c2csc(CN(CC(O)Cn3c4ccccc4c4ccccc43)S(C)(=O)=O)c2)cc1. The van der Waals surface area contributed by atoms with Crippen LogP contribution in [0.2, 0.25) is 0 Å². The Morgan fingerprint density at radius 2 is 1.47 bits per heavy atom. The summed E-state index contributed by atoms with van der Waals surface area (Å²) in [6.07, 6.45) is 0.341. The minimum Gasteiger partial charge on any atom is -0.390 e. The van der Waals surface area contributed by atoms with Crippen molar-refractivity contribution < 1.29 is 13.5 Å². The molecular weight excluding hydrogens is 512 g/mol. The number of aliphatic hydroxyl groups excluding tert-OH is 1. The summed E-state index contributed by atoms with van der Waals surface area (Å²) in [6, 6.07) is 26.8. The van der Waals surface area contributed by atoms with E-state index in [4.69, 9.17) is 0 Å². The predicted molar refractivity (Wildman–Crippen MR) is 159 cm³/mol. The van der Waals surface area contributed by atoms with Crippen LogP contribution in [0, 0.1) is 0 Å². The van der Waals surface area contributed by atoms with Gasteiger partial charge in [-0.15, -0.1) is 11.3 Å². The van der Waals surface area contributed by atoms with E-state index in [-0.39, 0.29) is 18.5 Å². The van der Waals surface area contributed by atoms with Crippen LogP contribution in [0.4, 0.5) is 0 Å². The Kier molecular flexibility index (Phi) is 7.22. The van der Waals surface area contributed by atoms with Crippen LogP contribution >= 0.6 is 11.3 Å². The van der Waals surface area contributed by atoms with Gasteiger partial charge in [-0.1, -0.05) is 81.4 Å². The zero-order chi connectivity index (χ0) is 27.1. The fraction of sp³-hybridized carbons (Fsp3) is 0.290. The van der Waals surface area contributed by atoms with Crippen molar-refractivity contribution in [3.8, 4) is 11.1 Å². The third-order valence-electron chi connectivity index (χ3n) is 7.03. The molecule has 0 amide bonds. The minimum absolute atomic E-state index is 0.0210. The number of hydrogen-bond acceptors (Lipinski definition) is 4. The van der Waals surface area contributed by atoms with Crippen molar-refractivity contribution in [2.75, 3.05) is 12.8 Å². The van der Waals surface area contributed by atoms with Crippen molar-refractivity contribution >= 4 is 43.2 Å². The molecule has 5 aromatic rings.